The fourth-order valence-corrected chi connectivity index (χ4v) is 4.35. The van der Waals surface area contributed by atoms with Crippen molar-refractivity contribution in [1.82, 2.24) is 0 Å². The van der Waals surface area contributed by atoms with Crippen LogP contribution in [0.4, 0.5) is 11.4 Å². The number of halogens is 1. The lowest BCUT2D eigenvalue weighted by Crippen LogP contribution is -2.22. The molecule has 0 bridgehead atoms. The van der Waals surface area contributed by atoms with Gasteiger partial charge in [0.1, 0.15) is 0 Å². The molecule has 0 aliphatic carbocycles. The second-order valence-electron chi connectivity index (χ2n) is 6.50. The van der Waals surface area contributed by atoms with Crippen LogP contribution in [-0.2, 0) is 14.6 Å². The zero-order chi connectivity index (χ0) is 19.5. The molecule has 0 heterocycles. The molecule has 0 atom stereocenters. The van der Waals surface area contributed by atoms with Crippen LogP contribution in [0.5, 0.6) is 0 Å². The summed E-state index contributed by atoms with van der Waals surface area (Å²) < 4.78 is 23.8. The molecule has 0 saturated heterocycles. The Kier molecular flexibility index (Phi) is 6.31. The molecule has 0 aromatic heterocycles. The highest BCUT2D eigenvalue weighted by molar-refractivity contribution is 7.90. The van der Waals surface area contributed by atoms with Crippen molar-refractivity contribution in [3.8, 4) is 0 Å². The van der Waals surface area contributed by atoms with Crippen LogP contribution >= 0.6 is 11.6 Å². The first kappa shape index (κ1) is 20.3. The van der Waals surface area contributed by atoms with E-state index in [-0.39, 0.29) is 22.4 Å². The standard InChI is InChI=1S/C19H23ClN2O3S/c1-12(2)14-5-7-15(8-6-14)22-18(23)11-21-17-10-9-16(20)19(13(17)3)26(4,24)25/h5-10,12,21H,11H2,1-4H3,(H,22,23). The van der Waals surface area contributed by atoms with Gasteiger partial charge in [-0.1, -0.05) is 37.6 Å². The molecular formula is C19H23ClN2O3S. The molecule has 0 aliphatic heterocycles. The lowest BCUT2D eigenvalue weighted by molar-refractivity contribution is -0.114. The van der Waals surface area contributed by atoms with Gasteiger partial charge in [0, 0.05) is 17.6 Å². The molecule has 1 amide bonds. The molecule has 0 saturated carbocycles. The maximum Gasteiger partial charge on any atom is 0.243 e. The minimum atomic E-state index is -3.46. The summed E-state index contributed by atoms with van der Waals surface area (Å²) >= 11 is 6.00. The monoisotopic (exact) mass is 394 g/mol. The zero-order valence-electron chi connectivity index (χ0n) is 15.3. The van der Waals surface area contributed by atoms with E-state index in [1.165, 1.54) is 11.6 Å². The summed E-state index contributed by atoms with van der Waals surface area (Å²) in [5.41, 5.74) is 2.96. The van der Waals surface area contributed by atoms with Crippen LogP contribution in [0.25, 0.3) is 0 Å². The summed E-state index contributed by atoms with van der Waals surface area (Å²) in [7, 11) is -3.46. The molecule has 5 nitrogen and oxygen atoms in total. The van der Waals surface area contributed by atoms with Crippen molar-refractivity contribution in [3.63, 3.8) is 0 Å². The van der Waals surface area contributed by atoms with Gasteiger partial charge in [0.15, 0.2) is 9.84 Å². The quantitative estimate of drug-likeness (QED) is 0.768. The average molecular weight is 395 g/mol. The van der Waals surface area contributed by atoms with Crippen molar-refractivity contribution >= 4 is 38.7 Å². The van der Waals surface area contributed by atoms with Gasteiger partial charge < -0.3 is 10.6 Å². The molecule has 7 heteroatoms. The molecule has 26 heavy (non-hydrogen) atoms. The third-order valence-electron chi connectivity index (χ3n) is 4.03. The zero-order valence-corrected chi connectivity index (χ0v) is 16.8. The van der Waals surface area contributed by atoms with Crippen molar-refractivity contribution in [3.05, 3.63) is 52.5 Å². The van der Waals surface area contributed by atoms with Crippen LogP contribution in [0.3, 0.4) is 0 Å². The highest BCUT2D eigenvalue weighted by Gasteiger charge is 2.18. The molecule has 2 rings (SSSR count). The maximum atomic E-state index is 12.1. The first-order chi connectivity index (χ1) is 12.1. The van der Waals surface area contributed by atoms with Gasteiger partial charge in [-0.3, -0.25) is 4.79 Å². The van der Waals surface area contributed by atoms with Gasteiger partial charge in [-0.05, 0) is 48.2 Å². The topological polar surface area (TPSA) is 75.3 Å². The Bertz CT molecular complexity index is 907. The van der Waals surface area contributed by atoms with E-state index in [2.05, 4.69) is 24.5 Å². The molecule has 2 N–H and O–H groups in total. The predicted molar refractivity (Wildman–Crippen MR) is 107 cm³/mol. The number of amides is 1. The number of hydrogen-bond acceptors (Lipinski definition) is 4. The highest BCUT2D eigenvalue weighted by atomic mass is 35.5. The third-order valence-corrected chi connectivity index (χ3v) is 5.72. The summed E-state index contributed by atoms with van der Waals surface area (Å²) in [4.78, 5) is 12.2. The van der Waals surface area contributed by atoms with E-state index < -0.39 is 9.84 Å². The summed E-state index contributed by atoms with van der Waals surface area (Å²) in [5.74, 6) is 0.205. The maximum absolute atomic E-state index is 12.1. The minimum absolute atomic E-state index is 0.0115. The Hall–Kier alpha value is -2.05. The van der Waals surface area contributed by atoms with E-state index in [4.69, 9.17) is 11.6 Å². The van der Waals surface area contributed by atoms with Crippen LogP contribution in [0.15, 0.2) is 41.3 Å². The number of nitrogens with one attached hydrogen (secondary N) is 2. The smallest absolute Gasteiger partial charge is 0.243 e. The number of hydrogen-bond donors (Lipinski definition) is 2. The fraction of sp³-hybridized carbons (Fsp3) is 0.316. The molecule has 0 unspecified atom stereocenters. The van der Waals surface area contributed by atoms with E-state index in [9.17, 15) is 13.2 Å². The van der Waals surface area contributed by atoms with Crippen molar-refractivity contribution in [2.75, 3.05) is 23.4 Å². The van der Waals surface area contributed by atoms with Gasteiger partial charge in [0.25, 0.3) is 0 Å². The van der Waals surface area contributed by atoms with Gasteiger partial charge in [-0.2, -0.15) is 0 Å². The Morgan fingerprint density at radius 3 is 2.27 bits per heavy atom. The third kappa shape index (κ3) is 4.99. The van der Waals surface area contributed by atoms with Gasteiger partial charge in [-0.25, -0.2) is 8.42 Å². The molecule has 0 spiro atoms. The number of carbonyl (C=O) groups is 1. The van der Waals surface area contributed by atoms with E-state index in [1.807, 2.05) is 24.3 Å². The SMILES string of the molecule is Cc1c(NCC(=O)Nc2ccc(C(C)C)cc2)ccc(Cl)c1S(C)(=O)=O. The largest absolute Gasteiger partial charge is 0.376 e. The fourth-order valence-electron chi connectivity index (χ4n) is 2.64. The molecule has 2 aromatic rings. The van der Waals surface area contributed by atoms with Gasteiger partial charge in [0.2, 0.25) is 5.91 Å². The van der Waals surface area contributed by atoms with Gasteiger partial charge in [-0.15, -0.1) is 0 Å². The summed E-state index contributed by atoms with van der Waals surface area (Å²) in [6, 6.07) is 10.9. The molecule has 0 radical (unpaired) electrons. The first-order valence-corrected chi connectivity index (χ1v) is 10.5. The van der Waals surface area contributed by atoms with E-state index >= 15 is 0 Å². The molecule has 2 aromatic carbocycles. The molecule has 0 fully saturated rings. The predicted octanol–water partition coefficient (Wildman–Crippen LogP) is 4.23. The first-order valence-electron chi connectivity index (χ1n) is 8.22. The minimum Gasteiger partial charge on any atom is -0.376 e. The Morgan fingerprint density at radius 2 is 1.73 bits per heavy atom. The van der Waals surface area contributed by atoms with Crippen molar-refractivity contribution in [2.45, 2.75) is 31.6 Å². The molecule has 0 aliphatic rings. The number of carbonyl (C=O) groups excluding carboxylic acids is 1. The Morgan fingerprint density at radius 1 is 1.12 bits per heavy atom. The van der Waals surface area contributed by atoms with Crippen LogP contribution in [-0.4, -0.2) is 27.1 Å². The second-order valence-corrected chi connectivity index (χ2v) is 8.86. The highest BCUT2D eigenvalue weighted by Crippen LogP contribution is 2.30. The van der Waals surface area contributed by atoms with Crippen molar-refractivity contribution in [1.29, 1.82) is 0 Å². The lowest BCUT2D eigenvalue weighted by Gasteiger charge is -2.14. The van der Waals surface area contributed by atoms with Crippen LogP contribution in [0.2, 0.25) is 5.02 Å². The van der Waals surface area contributed by atoms with Crippen LogP contribution in [0.1, 0.15) is 30.9 Å². The van der Waals surface area contributed by atoms with E-state index in [1.54, 1.807) is 13.0 Å². The van der Waals surface area contributed by atoms with Gasteiger partial charge >= 0.3 is 0 Å². The number of sulfone groups is 1. The number of anilines is 2. The number of rotatable bonds is 6. The Balaban J connectivity index is 2.06. The summed E-state index contributed by atoms with van der Waals surface area (Å²) in [5, 5.41) is 5.95. The van der Waals surface area contributed by atoms with Crippen LogP contribution < -0.4 is 10.6 Å². The normalized spacial score (nSPS) is 11.5. The number of benzene rings is 2. The Labute approximate surface area is 159 Å². The van der Waals surface area contributed by atoms with E-state index in [0.29, 0.717) is 22.9 Å². The average Bonchev–Trinajstić information content (AvgIpc) is 2.53. The summed E-state index contributed by atoms with van der Waals surface area (Å²) in [6.07, 6.45) is 1.11. The van der Waals surface area contributed by atoms with Gasteiger partial charge in [0.05, 0.1) is 16.5 Å². The van der Waals surface area contributed by atoms with Crippen molar-refractivity contribution < 1.29 is 13.2 Å². The van der Waals surface area contributed by atoms with Crippen molar-refractivity contribution in [2.24, 2.45) is 0 Å². The molecular weight excluding hydrogens is 372 g/mol. The second kappa shape index (κ2) is 8.10. The lowest BCUT2D eigenvalue weighted by atomic mass is 10.0. The molecule has 140 valence electrons. The summed E-state index contributed by atoms with van der Waals surface area (Å²) in [6.45, 7) is 5.89. The van der Waals surface area contributed by atoms with E-state index in [0.717, 1.165) is 6.26 Å². The van der Waals surface area contributed by atoms with Crippen LogP contribution in [0, 0.1) is 6.92 Å².